The van der Waals surface area contributed by atoms with Gasteiger partial charge in [0.25, 0.3) is 0 Å². The zero-order valence-corrected chi connectivity index (χ0v) is 15.9. The van der Waals surface area contributed by atoms with Crippen molar-refractivity contribution in [3.8, 4) is 11.3 Å². The zero-order valence-electron chi connectivity index (χ0n) is 15.1. The molecule has 0 spiro atoms. The fourth-order valence-corrected chi connectivity index (χ4v) is 4.22. The molecule has 0 saturated carbocycles. The molecule has 6 nitrogen and oxygen atoms in total. The highest BCUT2D eigenvalue weighted by molar-refractivity contribution is 7.88. The van der Waals surface area contributed by atoms with E-state index in [1.54, 1.807) is 4.31 Å². The lowest BCUT2D eigenvalue weighted by Crippen LogP contribution is -2.34. The van der Waals surface area contributed by atoms with Gasteiger partial charge in [0, 0.05) is 37.3 Å². The first kappa shape index (κ1) is 18.1. The van der Waals surface area contributed by atoms with E-state index in [2.05, 4.69) is 47.1 Å². The Morgan fingerprint density at radius 2 is 1.96 bits per heavy atom. The minimum atomic E-state index is -3.11. The van der Waals surface area contributed by atoms with E-state index in [1.807, 2.05) is 6.20 Å². The Bertz CT molecular complexity index is 845. The van der Waals surface area contributed by atoms with Crippen molar-refractivity contribution < 1.29 is 8.42 Å². The average Bonchev–Trinajstić information content (AvgIpc) is 2.85. The zero-order chi connectivity index (χ0) is 18.0. The van der Waals surface area contributed by atoms with Gasteiger partial charge in [0.15, 0.2) is 0 Å². The number of aromatic nitrogens is 2. The van der Waals surface area contributed by atoms with Crippen LogP contribution in [0.4, 0.5) is 0 Å². The maximum Gasteiger partial charge on any atom is 0.211 e. The maximum absolute atomic E-state index is 11.8. The van der Waals surface area contributed by atoms with Crippen molar-refractivity contribution in [2.75, 3.05) is 32.4 Å². The van der Waals surface area contributed by atoms with Crippen LogP contribution in [0.5, 0.6) is 0 Å². The summed E-state index contributed by atoms with van der Waals surface area (Å²) >= 11 is 0. The van der Waals surface area contributed by atoms with Gasteiger partial charge < -0.3 is 0 Å². The van der Waals surface area contributed by atoms with Crippen molar-refractivity contribution in [3.05, 3.63) is 41.1 Å². The number of hydrogen-bond acceptors (Lipinski definition) is 4. The minimum Gasteiger partial charge on any atom is -0.298 e. The normalized spacial score (nSPS) is 17.6. The molecule has 1 aliphatic heterocycles. The van der Waals surface area contributed by atoms with Crippen LogP contribution in [0, 0.1) is 13.8 Å². The van der Waals surface area contributed by atoms with Gasteiger partial charge >= 0.3 is 0 Å². The molecule has 1 N–H and O–H groups in total. The summed E-state index contributed by atoms with van der Waals surface area (Å²) in [7, 11) is -3.11. The third-order valence-corrected chi connectivity index (χ3v) is 6.09. The second-order valence-electron chi connectivity index (χ2n) is 6.88. The van der Waals surface area contributed by atoms with Crippen LogP contribution in [0.25, 0.3) is 11.3 Å². The molecule has 7 heteroatoms. The van der Waals surface area contributed by atoms with Gasteiger partial charge in [-0.2, -0.15) is 5.10 Å². The van der Waals surface area contributed by atoms with E-state index >= 15 is 0 Å². The van der Waals surface area contributed by atoms with Gasteiger partial charge in [-0.05, 0) is 38.4 Å². The Morgan fingerprint density at radius 3 is 2.72 bits per heavy atom. The summed E-state index contributed by atoms with van der Waals surface area (Å²) in [5.41, 5.74) is 5.84. The van der Waals surface area contributed by atoms with Crippen molar-refractivity contribution in [1.82, 2.24) is 19.4 Å². The van der Waals surface area contributed by atoms with Gasteiger partial charge in [-0.15, -0.1) is 0 Å². The van der Waals surface area contributed by atoms with E-state index in [-0.39, 0.29) is 0 Å². The summed E-state index contributed by atoms with van der Waals surface area (Å²) in [5, 5.41) is 7.40. The average molecular weight is 362 g/mol. The standard InChI is InChI=1S/C18H26N4O2S/c1-14-5-6-15(2)17(11-14)18-16(12-19-20-18)13-21-7-4-8-22(10-9-21)25(3,23)24/h5-6,11-12H,4,7-10,13H2,1-3H3,(H,19,20). The second kappa shape index (κ2) is 7.27. The largest absolute Gasteiger partial charge is 0.298 e. The SMILES string of the molecule is Cc1ccc(C)c(-c2[nH]ncc2CN2CCCN(S(C)(=O)=O)CC2)c1. The second-order valence-corrected chi connectivity index (χ2v) is 8.86. The van der Waals surface area contributed by atoms with Crippen LogP contribution in [0.2, 0.25) is 0 Å². The first-order valence-corrected chi connectivity index (χ1v) is 10.5. The van der Waals surface area contributed by atoms with Crippen LogP contribution in [-0.2, 0) is 16.6 Å². The number of H-pyrrole nitrogens is 1. The fraction of sp³-hybridized carbons (Fsp3) is 0.500. The number of aromatic amines is 1. The summed E-state index contributed by atoms with van der Waals surface area (Å²) in [6.45, 7) is 7.76. The lowest BCUT2D eigenvalue weighted by Gasteiger charge is -2.21. The highest BCUT2D eigenvalue weighted by Crippen LogP contribution is 2.27. The molecule has 1 saturated heterocycles. The Morgan fingerprint density at radius 1 is 1.16 bits per heavy atom. The van der Waals surface area contributed by atoms with Crippen LogP contribution >= 0.6 is 0 Å². The molecule has 1 aliphatic rings. The molecule has 0 aliphatic carbocycles. The quantitative estimate of drug-likeness (QED) is 0.905. The van der Waals surface area contributed by atoms with Gasteiger partial charge in [0.1, 0.15) is 0 Å². The topological polar surface area (TPSA) is 69.3 Å². The predicted octanol–water partition coefficient (Wildman–Crippen LogP) is 2.16. The van der Waals surface area contributed by atoms with E-state index < -0.39 is 10.0 Å². The van der Waals surface area contributed by atoms with Gasteiger partial charge in [-0.1, -0.05) is 17.7 Å². The summed E-state index contributed by atoms with van der Waals surface area (Å²) in [6.07, 6.45) is 4.03. The van der Waals surface area contributed by atoms with Crippen LogP contribution in [0.3, 0.4) is 0 Å². The predicted molar refractivity (Wildman–Crippen MR) is 99.8 cm³/mol. The van der Waals surface area contributed by atoms with Gasteiger partial charge in [0.2, 0.25) is 10.0 Å². The molecule has 0 unspecified atom stereocenters. The fourth-order valence-electron chi connectivity index (χ4n) is 3.35. The first-order chi connectivity index (χ1) is 11.8. The molecule has 3 rings (SSSR count). The molecule has 1 fully saturated rings. The Labute approximate surface area is 149 Å². The van der Waals surface area contributed by atoms with Gasteiger partial charge in [-0.3, -0.25) is 10.00 Å². The lowest BCUT2D eigenvalue weighted by atomic mass is 10.0. The molecule has 0 amide bonds. The highest BCUT2D eigenvalue weighted by atomic mass is 32.2. The van der Waals surface area contributed by atoms with E-state index in [0.717, 1.165) is 37.3 Å². The van der Waals surface area contributed by atoms with Gasteiger partial charge in [-0.25, -0.2) is 12.7 Å². The van der Waals surface area contributed by atoms with Crippen LogP contribution in [0.15, 0.2) is 24.4 Å². The highest BCUT2D eigenvalue weighted by Gasteiger charge is 2.22. The molecular weight excluding hydrogens is 336 g/mol. The number of rotatable bonds is 4. The first-order valence-electron chi connectivity index (χ1n) is 8.62. The minimum absolute atomic E-state index is 0.551. The third kappa shape index (κ3) is 4.29. The molecule has 2 heterocycles. The number of benzene rings is 1. The number of nitrogens with zero attached hydrogens (tertiary/aromatic N) is 3. The number of nitrogens with one attached hydrogen (secondary N) is 1. The van der Waals surface area contributed by atoms with E-state index in [0.29, 0.717) is 13.1 Å². The number of sulfonamides is 1. The Kier molecular flexibility index (Phi) is 5.27. The maximum atomic E-state index is 11.8. The monoisotopic (exact) mass is 362 g/mol. The van der Waals surface area contributed by atoms with E-state index in [4.69, 9.17) is 0 Å². The molecule has 25 heavy (non-hydrogen) atoms. The molecule has 2 aromatic rings. The molecule has 0 bridgehead atoms. The van der Waals surface area contributed by atoms with E-state index in [1.165, 1.54) is 22.9 Å². The van der Waals surface area contributed by atoms with Crippen molar-refractivity contribution in [2.45, 2.75) is 26.8 Å². The van der Waals surface area contributed by atoms with Crippen molar-refractivity contribution >= 4 is 10.0 Å². The summed E-state index contributed by atoms with van der Waals surface area (Å²) in [5.74, 6) is 0. The van der Waals surface area contributed by atoms with Crippen molar-refractivity contribution in [3.63, 3.8) is 0 Å². The third-order valence-electron chi connectivity index (χ3n) is 4.79. The summed E-state index contributed by atoms with van der Waals surface area (Å²) < 4.78 is 25.1. The van der Waals surface area contributed by atoms with Crippen LogP contribution < -0.4 is 0 Å². The number of aryl methyl sites for hydroxylation is 2. The molecule has 0 atom stereocenters. The van der Waals surface area contributed by atoms with Crippen molar-refractivity contribution in [2.24, 2.45) is 0 Å². The summed E-state index contributed by atoms with van der Waals surface area (Å²) in [6, 6.07) is 6.43. The summed E-state index contributed by atoms with van der Waals surface area (Å²) in [4.78, 5) is 2.31. The van der Waals surface area contributed by atoms with E-state index in [9.17, 15) is 8.42 Å². The van der Waals surface area contributed by atoms with Crippen LogP contribution in [0.1, 0.15) is 23.1 Å². The molecular formula is C18H26N4O2S. The molecule has 136 valence electrons. The Hall–Kier alpha value is -1.70. The molecule has 0 radical (unpaired) electrons. The molecule has 1 aromatic heterocycles. The smallest absolute Gasteiger partial charge is 0.211 e. The number of hydrogen-bond donors (Lipinski definition) is 1. The van der Waals surface area contributed by atoms with Crippen molar-refractivity contribution in [1.29, 1.82) is 0 Å². The molecule has 1 aromatic carbocycles. The Balaban J connectivity index is 1.77. The van der Waals surface area contributed by atoms with Gasteiger partial charge in [0.05, 0.1) is 18.1 Å². The lowest BCUT2D eigenvalue weighted by molar-refractivity contribution is 0.279. The van der Waals surface area contributed by atoms with Crippen LogP contribution in [-0.4, -0.2) is 60.3 Å².